The average Bonchev–Trinajstić information content (AvgIpc) is 3.45. The average molecular weight is 1100 g/mol. The molecule has 2 aromatic carbocycles. The van der Waals surface area contributed by atoms with Gasteiger partial charge in [-0.3, -0.25) is 38.5 Å². The van der Waals surface area contributed by atoms with Crippen LogP contribution in [0.1, 0.15) is 80.8 Å². The van der Waals surface area contributed by atoms with E-state index in [2.05, 4.69) is 16.0 Å². The Morgan fingerprint density at radius 1 is 0.633 bits per heavy atom. The Morgan fingerprint density at radius 2 is 1.09 bits per heavy atom. The van der Waals surface area contributed by atoms with Crippen molar-refractivity contribution in [3.63, 3.8) is 0 Å². The number of nitrogens with two attached hydrogens (primary N) is 1. The number of phenolic OH excluding ortho intramolecular Hbond substituents is 2. The number of primary amides is 1. The molecule has 0 aromatic heterocycles. The summed E-state index contributed by atoms with van der Waals surface area (Å²) in [4.78, 5) is 101. The van der Waals surface area contributed by atoms with Gasteiger partial charge in [-0.1, -0.05) is 34.6 Å². The first-order valence-corrected chi connectivity index (χ1v) is 25.9. The van der Waals surface area contributed by atoms with Gasteiger partial charge in [0.05, 0.1) is 23.0 Å². The van der Waals surface area contributed by atoms with Gasteiger partial charge in [-0.05, 0) is 85.7 Å². The fraction of sp³-hybridized carbons (Fsp3) is 0.518. The number of likely N-dealkylation sites (N-methyl/N-ethyl adjacent to an activating group) is 1. The Balaban J connectivity index is 1.04. The molecule has 7 atom stereocenters. The van der Waals surface area contributed by atoms with E-state index in [1.54, 1.807) is 64.0 Å². The molecule has 0 bridgehead atoms. The number of nitrogens with one attached hydrogen (secondary N) is 3. The maximum Gasteiger partial charge on any atom is 0.258 e. The SMILES string of the molecule is CN(C)c1cc(CNCC(C)(C)C)c(O)c2c1C[C@H]1C[C@@H]3[C@@](O)(C(=O)C(C(=O)NCC(C)(C)CNCc4cc(N(C)C)c5c(c4O)C(O)=C4C(=O)[C@]6(O)C(=O)C(C(N)=O)=C(O)C(=O)[C@@H]6C[C@@H]4C5)=C(O)[C@@]3(O)N(C)C)C(=O)C1=C2O. The summed E-state index contributed by atoms with van der Waals surface area (Å²) in [5.74, 6) is -19.9. The van der Waals surface area contributed by atoms with Crippen LogP contribution in [0, 0.1) is 34.5 Å². The van der Waals surface area contributed by atoms with Gasteiger partial charge in [0.1, 0.15) is 34.2 Å². The summed E-state index contributed by atoms with van der Waals surface area (Å²) >= 11 is 0. The van der Waals surface area contributed by atoms with Crippen LogP contribution < -0.4 is 31.5 Å². The van der Waals surface area contributed by atoms with E-state index >= 15 is 0 Å². The molecular weight excluding hydrogens is 1030 g/mol. The number of allylic oxidation sites excluding steroid dienone is 1. The van der Waals surface area contributed by atoms with Gasteiger partial charge in [-0.15, -0.1) is 0 Å². The lowest BCUT2D eigenvalue weighted by Gasteiger charge is -2.54. The number of anilines is 2. The Morgan fingerprint density at radius 3 is 1.54 bits per heavy atom. The fourth-order valence-corrected chi connectivity index (χ4v) is 12.5. The van der Waals surface area contributed by atoms with Crippen molar-refractivity contribution in [2.45, 2.75) is 90.3 Å². The number of Topliss-reactive ketones (excluding diaryl/α,β-unsaturated/α-hetero) is 5. The van der Waals surface area contributed by atoms with Crippen molar-refractivity contribution in [2.75, 3.05) is 71.7 Å². The van der Waals surface area contributed by atoms with E-state index < -0.39 is 139 Å². The summed E-state index contributed by atoms with van der Waals surface area (Å²) in [5, 5.41) is 115. The van der Waals surface area contributed by atoms with Crippen molar-refractivity contribution in [3.05, 3.63) is 79.3 Å². The standard InChI is InChI=1S/C56H71N7O16/c1-52(2,3)20-58-18-25-15-31(62(8)9)28-13-24-17-32-55(78,46(71)34(24)43(68)36(28)39(25)64)48(73)38(49(74)56(32,79)63(10)11)51(76)60-22-53(4,5)21-59-19-26-16-30(61(6)7)27-12-23-14-29-41(66)44(69)37(50(57)75)47(72)54(29,77)45(70)33(23)42(67)35(27)40(26)65/h15-16,23-24,29,32,58-59,64-65,67-69,74,77-79H,12-14,17-22H2,1-11H3,(H2,57,75)(H,60,76)/t23-,24-,29-,32+,54-,55-,56+/m0/s1. The Bertz CT molecular complexity index is 3220. The largest absolute Gasteiger partial charge is 0.507 e. The third-order valence-electron chi connectivity index (χ3n) is 16.6. The van der Waals surface area contributed by atoms with Crippen molar-refractivity contribution in [2.24, 2.45) is 40.2 Å². The number of fused-ring (bicyclic) bond motifs is 6. The van der Waals surface area contributed by atoms with Crippen LogP contribution >= 0.6 is 0 Å². The number of benzene rings is 2. The summed E-state index contributed by atoms with van der Waals surface area (Å²) in [6.45, 7) is 9.99. The normalized spacial score (nSPS) is 26.9. The van der Waals surface area contributed by atoms with Gasteiger partial charge in [0.2, 0.25) is 34.5 Å². The van der Waals surface area contributed by atoms with Crippen LogP contribution in [0.4, 0.5) is 11.4 Å². The highest BCUT2D eigenvalue weighted by Crippen LogP contribution is 2.57. The van der Waals surface area contributed by atoms with Gasteiger partial charge >= 0.3 is 0 Å². The third-order valence-corrected chi connectivity index (χ3v) is 16.6. The molecule has 23 nitrogen and oxygen atoms in total. The number of nitrogens with zero attached hydrogens (tertiary/aromatic N) is 3. The quantitative estimate of drug-likeness (QED) is 0.0710. The number of carbonyl (C=O) groups excluding carboxylic acids is 7. The fourth-order valence-electron chi connectivity index (χ4n) is 12.5. The van der Waals surface area contributed by atoms with Gasteiger partial charge in [0.25, 0.3) is 11.8 Å². The summed E-state index contributed by atoms with van der Waals surface area (Å²) in [6, 6.07) is 3.40. The predicted molar refractivity (Wildman–Crippen MR) is 286 cm³/mol. The molecule has 0 aliphatic heterocycles. The summed E-state index contributed by atoms with van der Waals surface area (Å²) in [7, 11) is 9.58. The molecule has 2 amide bonds. The zero-order valence-electron chi connectivity index (χ0n) is 46.1. The number of aromatic hydroxyl groups is 2. The second-order valence-corrected chi connectivity index (χ2v) is 24.5. The molecule has 2 aromatic rings. The number of phenols is 2. The number of aliphatic hydroxyl groups excluding tert-OH is 4. The Hall–Kier alpha value is -7.15. The lowest BCUT2D eigenvalue weighted by atomic mass is 9.55. The smallest absolute Gasteiger partial charge is 0.258 e. The minimum absolute atomic E-state index is 0.0267. The maximum atomic E-state index is 14.9. The number of ketones is 5. The molecule has 14 N–H and O–H groups in total. The number of hydrogen-bond acceptors (Lipinski definition) is 21. The minimum atomic E-state index is -3.19. The molecule has 6 aliphatic rings. The number of rotatable bonds is 14. The van der Waals surface area contributed by atoms with E-state index in [0.29, 0.717) is 34.6 Å². The molecule has 8 rings (SSSR count). The van der Waals surface area contributed by atoms with E-state index in [4.69, 9.17) is 5.73 Å². The molecule has 0 radical (unpaired) electrons. The van der Waals surface area contributed by atoms with Crippen LogP contribution in [0.3, 0.4) is 0 Å². The van der Waals surface area contributed by atoms with Crippen LogP contribution in [0.15, 0.2) is 45.9 Å². The minimum Gasteiger partial charge on any atom is -0.507 e. The number of amides is 2. The molecule has 2 fully saturated rings. The lowest BCUT2D eigenvalue weighted by molar-refractivity contribution is -0.204. The summed E-state index contributed by atoms with van der Waals surface area (Å²) in [5.41, 5.74) is -5.74. The van der Waals surface area contributed by atoms with Crippen LogP contribution in [0.5, 0.6) is 11.5 Å². The predicted octanol–water partition coefficient (Wildman–Crippen LogP) is 0.915. The van der Waals surface area contributed by atoms with Crippen molar-refractivity contribution in [1.29, 1.82) is 0 Å². The molecule has 23 heteroatoms. The Labute approximate surface area is 455 Å². The second kappa shape index (κ2) is 19.6. The monoisotopic (exact) mass is 1100 g/mol. The molecule has 0 unspecified atom stereocenters. The third kappa shape index (κ3) is 8.85. The first kappa shape index (κ1) is 58.0. The summed E-state index contributed by atoms with van der Waals surface area (Å²) < 4.78 is 0. The number of aliphatic hydroxyl groups is 7. The highest BCUT2D eigenvalue weighted by Gasteiger charge is 2.71. The van der Waals surface area contributed by atoms with Crippen molar-refractivity contribution in [1.82, 2.24) is 20.9 Å². The van der Waals surface area contributed by atoms with E-state index in [-0.39, 0.29) is 78.9 Å². The van der Waals surface area contributed by atoms with Crippen LogP contribution in [0.25, 0.3) is 11.5 Å². The maximum absolute atomic E-state index is 14.9. The van der Waals surface area contributed by atoms with Crippen LogP contribution in [-0.2, 0) is 59.5 Å². The van der Waals surface area contributed by atoms with Gasteiger partial charge in [-0.25, -0.2) is 0 Å². The first-order valence-electron chi connectivity index (χ1n) is 25.9. The van der Waals surface area contributed by atoms with E-state index in [1.165, 1.54) is 14.1 Å². The van der Waals surface area contributed by atoms with Crippen molar-refractivity contribution >= 4 is 63.6 Å². The number of carbonyl (C=O) groups is 7. The zero-order valence-corrected chi connectivity index (χ0v) is 46.1. The van der Waals surface area contributed by atoms with Crippen molar-refractivity contribution in [3.8, 4) is 11.5 Å². The molecule has 2 saturated carbocycles. The molecule has 0 heterocycles. The van der Waals surface area contributed by atoms with Gasteiger partial charge in [0.15, 0.2) is 22.8 Å². The molecule has 426 valence electrons. The summed E-state index contributed by atoms with van der Waals surface area (Å²) in [6.07, 6.45) is -0.765. The molecule has 0 saturated heterocycles. The van der Waals surface area contributed by atoms with Gasteiger partial charge in [0, 0.05) is 94.6 Å². The molecule has 6 aliphatic carbocycles. The van der Waals surface area contributed by atoms with Crippen LogP contribution in [-0.4, -0.2) is 170 Å². The van der Waals surface area contributed by atoms with Gasteiger partial charge < -0.3 is 77.4 Å². The molecule has 0 spiro atoms. The van der Waals surface area contributed by atoms with E-state index in [0.717, 1.165) is 4.90 Å². The first-order chi connectivity index (χ1) is 36.5. The van der Waals surface area contributed by atoms with Crippen molar-refractivity contribution < 1.29 is 79.5 Å². The molecular formula is C56H71N7O16. The topological polar surface area (TPSA) is 373 Å². The lowest BCUT2D eigenvalue weighted by Crippen LogP contribution is -2.72. The molecule has 79 heavy (non-hydrogen) atoms. The second-order valence-electron chi connectivity index (χ2n) is 24.5. The number of hydrogen-bond donors (Lipinski definition) is 13. The van der Waals surface area contributed by atoms with E-state index in [9.17, 15) is 79.5 Å². The van der Waals surface area contributed by atoms with Crippen LogP contribution in [0.2, 0.25) is 0 Å². The highest BCUT2D eigenvalue weighted by atomic mass is 16.4. The Kier molecular flexibility index (Phi) is 14.4. The highest BCUT2D eigenvalue weighted by molar-refractivity contribution is 6.38. The van der Waals surface area contributed by atoms with E-state index in [1.807, 2.05) is 20.8 Å². The van der Waals surface area contributed by atoms with Gasteiger partial charge in [-0.2, -0.15) is 0 Å². The zero-order chi connectivity index (χ0) is 58.9.